The molecule has 0 aromatic carbocycles. The molecule has 2 fully saturated rings. The van der Waals surface area contributed by atoms with Gasteiger partial charge < -0.3 is 10.1 Å². The Bertz CT molecular complexity index is 528. The number of likely N-dealkylation sites (tertiary alicyclic amines) is 1. The van der Waals surface area contributed by atoms with Crippen LogP contribution in [0.15, 0.2) is 12.4 Å². The summed E-state index contributed by atoms with van der Waals surface area (Å²) in [5, 5.41) is 7.18. The molecule has 0 saturated carbocycles. The maximum absolute atomic E-state index is 12.1. The molecular weight excluding hydrogens is 280 g/mol. The van der Waals surface area contributed by atoms with Crippen LogP contribution in [0.2, 0.25) is 0 Å². The van der Waals surface area contributed by atoms with E-state index in [2.05, 4.69) is 21.5 Å². The molecule has 0 bridgehead atoms. The summed E-state index contributed by atoms with van der Waals surface area (Å²) in [5.41, 5.74) is 1.23. The first kappa shape index (κ1) is 15.5. The van der Waals surface area contributed by atoms with E-state index < -0.39 is 0 Å². The Kier molecular flexibility index (Phi) is 4.49. The number of hydrogen-bond acceptors (Lipinski definition) is 4. The Balaban J connectivity index is 1.54. The second-order valence-electron chi connectivity index (χ2n) is 6.87. The second kappa shape index (κ2) is 6.38. The molecule has 22 heavy (non-hydrogen) atoms. The monoisotopic (exact) mass is 306 g/mol. The molecule has 3 atom stereocenters. The largest absolute Gasteiger partial charge is 0.364 e. The number of piperidine rings is 1. The highest BCUT2D eigenvalue weighted by atomic mass is 16.5. The molecule has 1 aromatic rings. The van der Waals surface area contributed by atoms with E-state index in [-0.39, 0.29) is 24.2 Å². The van der Waals surface area contributed by atoms with E-state index in [0.29, 0.717) is 5.92 Å². The number of nitrogens with zero attached hydrogens (tertiary/aromatic N) is 3. The Morgan fingerprint density at radius 3 is 3.05 bits per heavy atom. The van der Waals surface area contributed by atoms with Crippen molar-refractivity contribution in [2.75, 3.05) is 13.1 Å². The maximum atomic E-state index is 12.1. The molecule has 122 valence electrons. The van der Waals surface area contributed by atoms with E-state index in [1.807, 2.05) is 31.8 Å². The lowest BCUT2D eigenvalue weighted by molar-refractivity contribution is -0.133. The fraction of sp³-hybridized carbons (Fsp3) is 0.750. The van der Waals surface area contributed by atoms with Crippen LogP contribution in [0.4, 0.5) is 0 Å². The third-order valence-corrected chi connectivity index (χ3v) is 4.52. The van der Waals surface area contributed by atoms with Crippen LogP contribution in [-0.2, 0) is 23.1 Å². The highest BCUT2D eigenvalue weighted by Crippen LogP contribution is 2.33. The number of aryl methyl sites for hydroxylation is 1. The Labute approximate surface area is 131 Å². The van der Waals surface area contributed by atoms with Gasteiger partial charge in [0.15, 0.2) is 0 Å². The van der Waals surface area contributed by atoms with Crippen molar-refractivity contribution < 1.29 is 9.53 Å². The molecule has 1 aromatic heterocycles. The number of nitrogens with one attached hydrogen (secondary N) is 1. The smallest absolute Gasteiger partial charge is 0.249 e. The molecule has 3 rings (SSSR count). The number of hydrogen-bond donors (Lipinski definition) is 1. The molecule has 3 heterocycles. The summed E-state index contributed by atoms with van der Waals surface area (Å²) in [6, 6.07) is 0.167. The predicted octanol–water partition coefficient (Wildman–Crippen LogP) is 0.924. The van der Waals surface area contributed by atoms with Crippen LogP contribution in [0.5, 0.6) is 0 Å². The SMILES string of the molecule is CC(C)NC(=O)[C@H]1C[C@@H]2CCN(Cc3cnn(C)c3)C[C@@H]2O1. The first-order chi connectivity index (χ1) is 10.5. The van der Waals surface area contributed by atoms with Gasteiger partial charge in [0.1, 0.15) is 6.10 Å². The third-order valence-electron chi connectivity index (χ3n) is 4.52. The molecule has 2 aliphatic heterocycles. The number of rotatable bonds is 4. The molecule has 0 spiro atoms. The first-order valence-corrected chi connectivity index (χ1v) is 8.17. The molecule has 0 unspecified atom stereocenters. The van der Waals surface area contributed by atoms with E-state index in [4.69, 9.17) is 4.74 Å². The molecule has 2 aliphatic rings. The molecule has 2 saturated heterocycles. The fourth-order valence-corrected chi connectivity index (χ4v) is 3.50. The number of carbonyl (C=O) groups excluding carboxylic acids is 1. The van der Waals surface area contributed by atoms with Crippen molar-refractivity contribution in [2.24, 2.45) is 13.0 Å². The topological polar surface area (TPSA) is 59.4 Å². The van der Waals surface area contributed by atoms with Crippen molar-refractivity contribution in [1.29, 1.82) is 0 Å². The number of carbonyl (C=O) groups is 1. The van der Waals surface area contributed by atoms with Crippen molar-refractivity contribution in [3.05, 3.63) is 18.0 Å². The van der Waals surface area contributed by atoms with E-state index >= 15 is 0 Å². The average molecular weight is 306 g/mol. The standard InChI is InChI=1S/C16H26N4O2/c1-11(2)18-16(21)14-6-13-4-5-20(10-15(13)22-14)9-12-7-17-19(3)8-12/h7-8,11,13-15H,4-6,9-10H2,1-3H3,(H,18,21)/t13-,14+,15-/m0/s1. The Morgan fingerprint density at radius 2 is 2.36 bits per heavy atom. The Hall–Kier alpha value is -1.40. The summed E-state index contributed by atoms with van der Waals surface area (Å²) in [6.45, 7) is 6.84. The predicted molar refractivity (Wildman–Crippen MR) is 83.1 cm³/mol. The van der Waals surface area contributed by atoms with Gasteiger partial charge in [0, 0.05) is 37.9 Å². The summed E-state index contributed by atoms with van der Waals surface area (Å²) in [6.07, 6.45) is 5.87. The highest BCUT2D eigenvalue weighted by molar-refractivity contribution is 5.81. The summed E-state index contributed by atoms with van der Waals surface area (Å²) < 4.78 is 7.86. The van der Waals surface area contributed by atoms with Crippen LogP contribution in [0.25, 0.3) is 0 Å². The lowest BCUT2D eigenvalue weighted by Gasteiger charge is -2.33. The van der Waals surface area contributed by atoms with E-state index in [9.17, 15) is 4.79 Å². The van der Waals surface area contributed by atoms with Crippen LogP contribution in [0, 0.1) is 5.92 Å². The van der Waals surface area contributed by atoms with Crippen molar-refractivity contribution >= 4 is 5.91 Å². The third kappa shape index (κ3) is 3.50. The average Bonchev–Trinajstić information content (AvgIpc) is 3.04. The molecule has 0 aliphatic carbocycles. The summed E-state index contributed by atoms with van der Waals surface area (Å²) in [7, 11) is 1.94. The van der Waals surface area contributed by atoms with Crippen molar-refractivity contribution in [1.82, 2.24) is 20.0 Å². The maximum Gasteiger partial charge on any atom is 0.249 e. The first-order valence-electron chi connectivity index (χ1n) is 8.17. The van der Waals surface area contributed by atoms with Crippen LogP contribution in [-0.4, -0.2) is 51.9 Å². The van der Waals surface area contributed by atoms with Crippen LogP contribution < -0.4 is 5.32 Å². The van der Waals surface area contributed by atoms with Gasteiger partial charge in [-0.05, 0) is 39.2 Å². The van der Waals surface area contributed by atoms with Gasteiger partial charge in [-0.3, -0.25) is 14.4 Å². The molecular formula is C16H26N4O2. The van der Waals surface area contributed by atoms with E-state index in [0.717, 1.165) is 32.5 Å². The molecule has 1 N–H and O–H groups in total. The summed E-state index contributed by atoms with van der Waals surface area (Å²) in [4.78, 5) is 14.5. The second-order valence-corrected chi connectivity index (χ2v) is 6.87. The molecule has 6 nitrogen and oxygen atoms in total. The fourth-order valence-electron chi connectivity index (χ4n) is 3.50. The zero-order chi connectivity index (χ0) is 15.7. The van der Waals surface area contributed by atoms with Gasteiger partial charge >= 0.3 is 0 Å². The van der Waals surface area contributed by atoms with E-state index in [1.165, 1.54) is 5.56 Å². The highest BCUT2D eigenvalue weighted by Gasteiger charge is 2.41. The van der Waals surface area contributed by atoms with Gasteiger partial charge in [0.25, 0.3) is 0 Å². The number of aromatic nitrogens is 2. The number of ether oxygens (including phenoxy) is 1. The van der Waals surface area contributed by atoms with Gasteiger partial charge in [-0.2, -0.15) is 5.10 Å². The quantitative estimate of drug-likeness (QED) is 0.899. The van der Waals surface area contributed by atoms with Crippen molar-refractivity contribution in [2.45, 2.75) is 51.5 Å². The lowest BCUT2D eigenvalue weighted by Crippen LogP contribution is -2.42. The van der Waals surface area contributed by atoms with Gasteiger partial charge in [-0.25, -0.2) is 0 Å². The summed E-state index contributed by atoms with van der Waals surface area (Å²) >= 11 is 0. The van der Waals surface area contributed by atoms with Gasteiger partial charge in [-0.1, -0.05) is 0 Å². The lowest BCUT2D eigenvalue weighted by atomic mass is 9.91. The molecule has 6 heteroatoms. The van der Waals surface area contributed by atoms with Crippen LogP contribution in [0.3, 0.4) is 0 Å². The Morgan fingerprint density at radius 1 is 1.55 bits per heavy atom. The minimum Gasteiger partial charge on any atom is -0.364 e. The zero-order valence-corrected chi connectivity index (χ0v) is 13.7. The number of fused-ring (bicyclic) bond motifs is 1. The van der Waals surface area contributed by atoms with Crippen molar-refractivity contribution in [3.8, 4) is 0 Å². The molecule has 1 amide bonds. The van der Waals surface area contributed by atoms with Gasteiger partial charge in [-0.15, -0.1) is 0 Å². The molecule has 0 radical (unpaired) electrons. The zero-order valence-electron chi connectivity index (χ0n) is 13.7. The minimum absolute atomic E-state index is 0.0446. The minimum atomic E-state index is -0.268. The van der Waals surface area contributed by atoms with Crippen molar-refractivity contribution in [3.63, 3.8) is 0 Å². The number of amides is 1. The van der Waals surface area contributed by atoms with E-state index in [1.54, 1.807) is 0 Å². The van der Waals surface area contributed by atoms with Gasteiger partial charge in [0.2, 0.25) is 5.91 Å². The van der Waals surface area contributed by atoms with Gasteiger partial charge in [0.05, 0.1) is 12.3 Å². The normalized spacial score (nSPS) is 28.8. The van der Waals surface area contributed by atoms with Crippen LogP contribution >= 0.6 is 0 Å². The summed E-state index contributed by atoms with van der Waals surface area (Å²) in [5.74, 6) is 0.566. The van der Waals surface area contributed by atoms with Crippen LogP contribution in [0.1, 0.15) is 32.3 Å².